The molecule has 2 aromatic rings. The van der Waals surface area contributed by atoms with E-state index in [4.69, 9.17) is 4.74 Å². The Balaban J connectivity index is 1.40. The number of rotatable bonds is 5. The van der Waals surface area contributed by atoms with Crippen LogP contribution in [0.5, 0.6) is 0 Å². The van der Waals surface area contributed by atoms with E-state index in [1.165, 1.54) is 0 Å². The lowest BCUT2D eigenvalue weighted by atomic mass is 10.1. The Morgan fingerprint density at radius 3 is 2.45 bits per heavy atom. The normalized spacial score (nSPS) is 19.1. The fraction of sp³-hybridized carbons (Fsp3) is 0.250. The Bertz CT molecular complexity index is 680. The fourth-order valence-electron chi connectivity index (χ4n) is 2.49. The van der Waals surface area contributed by atoms with Gasteiger partial charge in [0.25, 0.3) is 0 Å². The second-order valence-electron chi connectivity index (χ2n) is 5.52. The van der Waals surface area contributed by atoms with E-state index in [0.717, 1.165) is 17.5 Å². The van der Waals surface area contributed by atoms with Crippen molar-refractivity contribution in [2.75, 3.05) is 13.2 Å². The number of ether oxygens (including phenoxy) is 1. The van der Waals surface area contributed by atoms with Gasteiger partial charge in [0.05, 0.1) is 6.61 Å². The second kappa shape index (κ2) is 7.06. The largest absolute Gasteiger partial charge is 0.368 e. The minimum Gasteiger partial charge on any atom is -0.368 e. The Morgan fingerprint density at radius 1 is 1.05 bits per heavy atom. The summed E-state index contributed by atoms with van der Waals surface area (Å²) in [7, 11) is 0. The van der Waals surface area contributed by atoms with Crippen LogP contribution >= 0.6 is 0 Å². The summed E-state index contributed by atoms with van der Waals surface area (Å²) in [5, 5.41) is 0. The molecule has 1 aliphatic carbocycles. The Labute approximate surface area is 131 Å². The van der Waals surface area contributed by atoms with E-state index >= 15 is 0 Å². The molecule has 1 fully saturated rings. The van der Waals surface area contributed by atoms with Crippen LogP contribution in [0.25, 0.3) is 0 Å². The van der Waals surface area contributed by atoms with Gasteiger partial charge in [0.1, 0.15) is 6.61 Å². The van der Waals surface area contributed by atoms with Gasteiger partial charge in [0.15, 0.2) is 5.78 Å². The summed E-state index contributed by atoms with van der Waals surface area (Å²) in [6, 6.07) is 19.3. The van der Waals surface area contributed by atoms with Crippen molar-refractivity contribution in [1.29, 1.82) is 0 Å². The van der Waals surface area contributed by atoms with Gasteiger partial charge in [-0.2, -0.15) is 0 Å². The topological polar surface area (TPSA) is 26.3 Å². The first-order valence-electron chi connectivity index (χ1n) is 7.55. The molecule has 0 aliphatic heterocycles. The molecular weight excluding hydrogens is 272 g/mol. The van der Waals surface area contributed by atoms with Gasteiger partial charge in [0, 0.05) is 17.0 Å². The molecule has 22 heavy (non-hydrogen) atoms. The van der Waals surface area contributed by atoms with Crippen molar-refractivity contribution in [3.05, 3.63) is 71.8 Å². The molecule has 2 nitrogen and oxygen atoms in total. The Morgan fingerprint density at radius 2 is 1.73 bits per heavy atom. The molecule has 0 radical (unpaired) electrons. The fourth-order valence-corrected chi connectivity index (χ4v) is 2.49. The van der Waals surface area contributed by atoms with E-state index in [9.17, 15) is 4.79 Å². The summed E-state index contributed by atoms with van der Waals surface area (Å²) in [4.78, 5) is 12.2. The van der Waals surface area contributed by atoms with Crippen molar-refractivity contribution in [3.8, 4) is 11.8 Å². The van der Waals surface area contributed by atoms with Crippen LogP contribution in [0.2, 0.25) is 0 Å². The van der Waals surface area contributed by atoms with E-state index in [0.29, 0.717) is 19.1 Å². The number of hydrogen-bond acceptors (Lipinski definition) is 2. The molecule has 2 heteroatoms. The zero-order valence-corrected chi connectivity index (χ0v) is 12.4. The third-order valence-corrected chi connectivity index (χ3v) is 3.83. The van der Waals surface area contributed by atoms with Gasteiger partial charge in [-0.15, -0.1) is 0 Å². The SMILES string of the molecule is O=C(c1ccccc1)C1CC1COCC#Cc1ccccc1. The quantitative estimate of drug-likeness (QED) is 0.478. The highest BCUT2D eigenvalue weighted by Gasteiger charge is 2.42. The molecule has 1 aliphatic rings. The number of carbonyl (C=O) groups is 1. The number of Topliss-reactive ketones (excluding diaryl/α,β-unsaturated/α-hetero) is 1. The van der Waals surface area contributed by atoms with E-state index in [2.05, 4.69) is 11.8 Å². The van der Waals surface area contributed by atoms with Gasteiger partial charge >= 0.3 is 0 Å². The van der Waals surface area contributed by atoms with E-state index in [1.807, 2.05) is 60.7 Å². The zero-order valence-electron chi connectivity index (χ0n) is 12.4. The monoisotopic (exact) mass is 290 g/mol. The summed E-state index contributed by atoms with van der Waals surface area (Å²) in [6.45, 7) is 1.03. The standard InChI is InChI=1S/C20H18O2/c21-20(17-11-5-2-6-12-17)19-14-18(19)15-22-13-7-10-16-8-3-1-4-9-16/h1-6,8-9,11-12,18-19H,13-15H2. The van der Waals surface area contributed by atoms with Crippen molar-refractivity contribution < 1.29 is 9.53 Å². The number of hydrogen-bond donors (Lipinski definition) is 0. The molecule has 0 aromatic heterocycles. The molecule has 2 atom stereocenters. The first-order valence-corrected chi connectivity index (χ1v) is 7.55. The van der Waals surface area contributed by atoms with Crippen LogP contribution in [0.1, 0.15) is 22.3 Å². The molecule has 1 saturated carbocycles. The van der Waals surface area contributed by atoms with Crippen LogP contribution in [0, 0.1) is 23.7 Å². The third kappa shape index (κ3) is 3.84. The molecule has 3 rings (SSSR count). The lowest BCUT2D eigenvalue weighted by Crippen LogP contribution is -2.06. The number of carbonyl (C=O) groups excluding carboxylic acids is 1. The summed E-state index contributed by atoms with van der Waals surface area (Å²) < 4.78 is 5.57. The lowest BCUT2D eigenvalue weighted by Gasteiger charge is -2.00. The number of benzene rings is 2. The van der Waals surface area contributed by atoms with Crippen molar-refractivity contribution >= 4 is 5.78 Å². The van der Waals surface area contributed by atoms with Crippen molar-refractivity contribution in [3.63, 3.8) is 0 Å². The highest BCUT2D eigenvalue weighted by Crippen LogP contribution is 2.41. The molecule has 0 saturated heterocycles. The first kappa shape index (κ1) is 14.6. The van der Waals surface area contributed by atoms with Gasteiger partial charge < -0.3 is 4.74 Å². The van der Waals surface area contributed by atoms with Crippen LogP contribution in [0.15, 0.2) is 60.7 Å². The van der Waals surface area contributed by atoms with Gasteiger partial charge in [-0.25, -0.2) is 0 Å². The molecule has 0 N–H and O–H groups in total. The van der Waals surface area contributed by atoms with Gasteiger partial charge in [-0.1, -0.05) is 60.4 Å². The van der Waals surface area contributed by atoms with Gasteiger partial charge in [0.2, 0.25) is 0 Å². The van der Waals surface area contributed by atoms with Crippen LogP contribution in [0.3, 0.4) is 0 Å². The summed E-state index contributed by atoms with van der Waals surface area (Å²) in [5.41, 5.74) is 1.80. The average Bonchev–Trinajstić information content (AvgIpc) is 3.35. The maximum Gasteiger partial charge on any atom is 0.166 e. The number of ketones is 1. The van der Waals surface area contributed by atoms with E-state index in [-0.39, 0.29) is 11.7 Å². The van der Waals surface area contributed by atoms with Crippen molar-refractivity contribution in [1.82, 2.24) is 0 Å². The van der Waals surface area contributed by atoms with E-state index in [1.54, 1.807) is 0 Å². The predicted molar refractivity (Wildman–Crippen MR) is 86.5 cm³/mol. The molecular formula is C20H18O2. The molecule has 0 spiro atoms. The van der Waals surface area contributed by atoms with Crippen LogP contribution in [-0.2, 0) is 4.74 Å². The maximum atomic E-state index is 12.2. The van der Waals surface area contributed by atoms with E-state index < -0.39 is 0 Å². The summed E-state index contributed by atoms with van der Waals surface area (Å²) in [5.74, 6) is 6.78. The second-order valence-corrected chi connectivity index (χ2v) is 5.52. The zero-order chi connectivity index (χ0) is 15.2. The predicted octanol–water partition coefficient (Wildman–Crippen LogP) is 3.57. The highest BCUT2D eigenvalue weighted by atomic mass is 16.5. The lowest BCUT2D eigenvalue weighted by molar-refractivity contribution is 0.0939. The van der Waals surface area contributed by atoms with Crippen molar-refractivity contribution in [2.45, 2.75) is 6.42 Å². The summed E-state index contributed by atoms with van der Waals surface area (Å²) in [6.07, 6.45) is 0.930. The Kier molecular flexibility index (Phi) is 4.68. The summed E-state index contributed by atoms with van der Waals surface area (Å²) >= 11 is 0. The van der Waals surface area contributed by atoms with Gasteiger partial charge in [-0.05, 0) is 24.5 Å². The molecule has 0 bridgehead atoms. The first-order chi connectivity index (χ1) is 10.8. The van der Waals surface area contributed by atoms with Crippen LogP contribution in [-0.4, -0.2) is 19.0 Å². The molecule has 110 valence electrons. The highest BCUT2D eigenvalue weighted by molar-refractivity contribution is 5.99. The maximum absolute atomic E-state index is 12.2. The molecule has 2 unspecified atom stereocenters. The van der Waals surface area contributed by atoms with Crippen molar-refractivity contribution in [2.24, 2.45) is 11.8 Å². The minimum absolute atomic E-state index is 0.129. The third-order valence-electron chi connectivity index (χ3n) is 3.83. The average molecular weight is 290 g/mol. The van der Waals surface area contributed by atoms with Gasteiger partial charge in [-0.3, -0.25) is 4.79 Å². The molecule has 2 aromatic carbocycles. The molecule has 0 amide bonds. The smallest absolute Gasteiger partial charge is 0.166 e. The minimum atomic E-state index is 0.129. The molecule has 0 heterocycles. The Hall–Kier alpha value is -2.37. The van der Waals surface area contributed by atoms with Crippen LogP contribution < -0.4 is 0 Å². The van der Waals surface area contributed by atoms with Crippen LogP contribution in [0.4, 0.5) is 0 Å².